The maximum Gasteiger partial charge on any atom is 0.344 e. The van der Waals surface area contributed by atoms with Crippen molar-refractivity contribution >= 4 is 16.9 Å². The zero-order valence-electron chi connectivity index (χ0n) is 17.0. The summed E-state index contributed by atoms with van der Waals surface area (Å²) in [5, 5.41) is 0. The van der Waals surface area contributed by atoms with Crippen molar-refractivity contribution in [1.29, 1.82) is 0 Å². The van der Waals surface area contributed by atoms with Crippen LogP contribution in [0.5, 0.6) is 5.75 Å². The zero-order chi connectivity index (χ0) is 20.6. The summed E-state index contributed by atoms with van der Waals surface area (Å²) in [7, 11) is -0.188. The summed E-state index contributed by atoms with van der Waals surface area (Å²) in [4.78, 5) is 15.8. The fourth-order valence-corrected chi connectivity index (χ4v) is 5.82. The Hall–Kier alpha value is -2.72. The molecule has 4 heteroatoms. The Morgan fingerprint density at radius 1 is 0.733 bits per heavy atom. The summed E-state index contributed by atoms with van der Waals surface area (Å²) < 4.78 is 11.2. The molecule has 30 heavy (non-hydrogen) atoms. The van der Waals surface area contributed by atoms with E-state index in [2.05, 4.69) is 60.7 Å². The van der Waals surface area contributed by atoms with Gasteiger partial charge in [0.25, 0.3) is 0 Å². The fraction of sp³-hybridized carbons (Fsp3) is 0.269. The highest BCUT2D eigenvalue weighted by atomic mass is 32.2. The molecule has 1 fully saturated rings. The van der Waals surface area contributed by atoms with Crippen molar-refractivity contribution in [2.45, 2.75) is 52.9 Å². The normalized spacial score (nSPS) is 14.4. The third kappa shape index (κ3) is 5.45. The molecule has 0 saturated heterocycles. The predicted molar refractivity (Wildman–Crippen MR) is 120 cm³/mol. The molecule has 4 rings (SSSR count). The van der Waals surface area contributed by atoms with Crippen LogP contribution in [-0.2, 0) is 20.4 Å². The highest BCUT2D eigenvalue weighted by Gasteiger charge is 2.28. The van der Waals surface area contributed by atoms with Crippen LogP contribution >= 0.6 is 0 Å². The van der Waals surface area contributed by atoms with Crippen LogP contribution in [0.25, 0.3) is 0 Å². The summed E-state index contributed by atoms with van der Waals surface area (Å²) in [5.74, 6) is 0.406. The molecule has 0 amide bonds. The molecule has 0 heterocycles. The number of esters is 1. The SMILES string of the molecule is O=C(COc1ccc([S+](c2ccccc2)c2ccccc2)cc1)OC1CCCCC1. The van der Waals surface area contributed by atoms with Gasteiger partial charge in [0.05, 0.1) is 10.9 Å². The van der Waals surface area contributed by atoms with Gasteiger partial charge in [-0.25, -0.2) is 4.79 Å². The molecular formula is C26H27O3S+. The van der Waals surface area contributed by atoms with Crippen molar-refractivity contribution in [3.63, 3.8) is 0 Å². The molecule has 3 nitrogen and oxygen atoms in total. The van der Waals surface area contributed by atoms with Crippen molar-refractivity contribution in [3.8, 4) is 5.75 Å². The molecule has 0 bridgehead atoms. The third-order valence-electron chi connectivity index (χ3n) is 5.22. The summed E-state index contributed by atoms with van der Waals surface area (Å²) in [6, 6.07) is 29.1. The highest BCUT2D eigenvalue weighted by molar-refractivity contribution is 7.97. The quantitative estimate of drug-likeness (QED) is 0.346. The summed E-state index contributed by atoms with van der Waals surface area (Å²) >= 11 is 0. The molecule has 3 aromatic carbocycles. The first-order valence-electron chi connectivity index (χ1n) is 10.6. The highest BCUT2D eigenvalue weighted by Crippen LogP contribution is 2.31. The third-order valence-corrected chi connectivity index (χ3v) is 7.45. The summed E-state index contributed by atoms with van der Waals surface area (Å²) in [5.41, 5.74) is 0. The number of hydrogen-bond acceptors (Lipinski definition) is 3. The lowest BCUT2D eigenvalue weighted by molar-refractivity contribution is -0.152. The average molecular weight is 420 g/mol. The van der Waals surface area contributed by atoms with Crippen LogP contribution in [0, 0.1) is 0 Å². The lowest BCUT2D eigenvalue weighted by Crippen LogP contribution is -2.24. The number of carbonyl (C=O) groups is 1. The maximum atomic E-state index is 12.1. The minimum absolute atomic E-state index is 0.0427. The van der Waals surface area contributed by atoms with Gasteiger partial charge >= 0.3 is 5.97 Å². The van der Waals surface area contributed by atoms with Crippen LogP contribution in [0.15, 0.2) is 99.6 Å². The van der Waals surface area contributed by atoms with Gasteiger partial charge in [-0.05, 0) is 74.2 Å². The number of benzene rings is 3. The Kier molecular flexibility index (Phi) is 7.09. The molecule has 3 aromatic rings. The van der Waals surface area contributed by atoms with Gasteiger partial charge in [0.2, 0.25) is 0 Å². The lowest BCUT2D eigenvalue weighted by atomic mass is 9.98. The van der Waals surface area contributed by atoms with Crippen molar-refractivity contribution in [3.05, 3.63) is 84.9 Å². The Morgan fingerprint density at radius 2 is 1.27 bits per heavy atom. The van der Waals surface area contributed by atoms with E-state index in [9.17, 15) is 4.79 Å². The summed E-state index contributed by atoms with van der Waals surface area (Å²) in [6.45, 7) is -0.0427. The number of carbonyl (C=O) groups excluding carboxylic acids is 1. The van der Waals surface area contributed by atoms with Crippen LogP contribution in [0.4, 0.5) is 0 Å². The van der Waals surface area contributed by atoms with Gasteiger partial charge < -0.3 is 9.47 Å². The Balaban J connectivity index is 1.42. The first-order chi connectivity index (χ1) is 14.8. The minimum atomic E-state index is -0.278. The van der Waals surface area contributed by atoms with Crippen LogP contribution in [0.3, 0.4) is 0 Å². The molecule has 0 N–H and O–H groups in total. The van der Waals surface area contributed by atoms with E-state index in [1.54, 1.807) is 0 Å². The second-order valence-corrected chi connectivity index (χ2v) is 9.47. The molecule has 0 radical (unpaired) electrons. The fourth-order valence-electron chi connectivity index (χ4n) is 3.74. The molecule has 0 spiro atoms. The molecule has 0 unspecified atom stereocenters. The van der Waals surface area contributed by atoms with E-state index in [1.165, 1.54) is 21.1 Å². The van der Waals surface area contributed by atoms with E-state index < -0.39 is 0 Å². The zero-order valence-corrected chi connectivity index (χ0v) is 17.9. The standard InChI is InChI=1S/C26H27O3S/c27-26(29-22-10-4-1-5-11-22)20-28-21-16-18-25(19-17-21)30(23-12-6-2-7-13-23)24-14-8-3-9-15-24/h2-3,6-9,12-19,22H,1,4-5,10-11,20H2/q+1. The van der Waals surface area contributed by atoms with Gasteiger partial charge in [-0.15, -0.1) is 0 Å². The van der Waals surface area contributed by atoms with Crippen LogP contribution in [-0.4, -0.2) is 18.7 Å². The van der Waals surface area contributed by atoms with Crippen LogP contribution in [0.1, 0.15) is 32.1 Å². The predicted octanol–water partition coefficient (Wildman–Crippen LogP) is 6.04. The number of hydrogen-bond donors (Lipinski definition) is 0. The van der Waals surface area contributed by atoms with E-state index >= 15 is 0 Å². The van der Waals surface area contributed by atoms with Gasteiger partial charge in [0, 0.05) is 0 Å². The lowest BCUT2D eigenvalue weighted by Gasteiger charge is -2.21. The average Bonchev–Trinajstić information content (AvgIpc) is 2.81. The van der Waals surface area contributed by atoms with Crippen molar-refractivity contribution in [2.24, 2.45) is 0 Å². The largest absolute Gasteiger partial charge is 0.482 e. The first kappa shape index (κ1) is 20.5. The Morgan fingerprint density at radius 3 is 1.83 bits per heavy atom. The molecule has 0 aliphatic heterocycles. The number of ether oxygens (including phenoxy) is 2. The minimum Gasteiger partial charge on any atom is -0.482 e. The smallest absolute Gasteiger partial charge is 0.344 e. The van der Waals surface area contributed by atoms with E-state index in [4.69, 9.17) is 9.47 Å². The van der Waals surface area contributed by atoms with E-state index in [-0.39, 0.29) is 29.6 Å². The van der Waals surface area contributed by atoms with Crippen LogP contribution in [0.2, 0.25) is 0 Å². The van der Waals surface area contributed by atoms with Crippen LogP contribution < -0.4 is 4.74 Å². The number of rotatable bonds is 7. The Bertz CT molecular complexity index is 880. The van der Waals surface area contributed by atoms with Gasteiger partial charge in [-0.1, -0.05) is 42.8 Å². The molecule has 1 aliphatic rings. The molecule has 154 valence electrons. The van der Waals surface area contributed by atoms with E-state index in [0.717, 1.165) is 25.7 Å². The van der Waals surface area contributed by atoms with Crippen molar-refractivity contribution in [2.75, 3.05) is 6.61 Å². The van der Waals surface area contributed by atoms with Crippen molar-refractivity contribution in [1.82, 2.24) is 0 Å². The molecule has 0 aromatic heterocycles. The summed E-state index contributed by atoms with van der Waals surface area (Å²) in [6.07, 6.45) is 5.54. The van der Waals surface area contributed by atoms with Gasteiger partial charge in [0.1, 0.15) is 11.9 Å². The van der Waals surface area contributed by atoms with E-state index in [0.29, 0.717) is 5.75 Å². The molecular weight excluding hydrogens is 392 g/mol. The second kappa shape index (κ2) is 10.4. The monoisotopic (exact) mass is 419 g/mol. The topological polar surface area (TPSA) is 35.5 Å². The molecule has 1 aliphatic carbocycles. The van der Waals surface area contributed by atoms with Gasteiger partial charge in [-0.2, -0.15) is 0 Å². The Labute approximate surface area is 181 Å². The molecule has 1 saturated carbocycles. The second-order valence-electron chi connectivity index (χ2n) is 7.44. The maximum absolute atomic E-state index is 12.1. The molecule has 0 atom stereocenters. The van der Waals surface area contributed by atoms with Crippen molar-refractivity contribution < 1.29 is 14.3 Å². The van der Waals surface area contributed by atoms with Gasteiger partial charge in [0.15, 0.2) is 21.3 Å². The van der Waals surface area contributed by atoms with Gasteiger partial charge in [-0.3, -0.25) is 0 Å². The van der Waals surface area contributed by atoms with E-state index in [1.807, 2.05) is 24.3 Å². The first-order valence-corrected chi connectivity index (χ1v) is 11.8.